The first-order valence-electron chi connectivity index (χ1n) is 8.82. The first-order valence-corrected chi connectivity index (χ1v) is 10.3. The van der Waals surface area contributed by atoms with Crippen LogP contribution in [0.2, 0.25) is 0 Å². The Labute approximate surface area is 169 Å². The van der Waals surface area contributed by atoms with Crippen LogP contribution in [0.25, 0.3) is 0 Å². The number of benzene rings is 2. The molecule has 0 radical (unpaired) electrons. The lowest BCUT2D eigenvalue weighted by atomic mass is 10.2. The number of sulfonamides is 1. The molecule has 0 bridgehead atoms. The van der Waals surface area contributed by atoms with Gasteiger partial charge < -0.3 is 13.9 Å². The Hall–Kier alpha value is -3.10. The highest BCUT2D eigenvalue weighted by atomic mass is 32.2. The Balaban J connectivity index is 1.80. The number of nitrogens with zero attached hydrogens (tertiary/aromatic N) is 1. The van der Waals surface area contributed by atoms with Crippen LogP contribution in [-0.2, 0) is 21.4 Å². The number of esters is 1. The largest absolute Gasteiger partial charge is 0.497 e. The molecule has 1 heterocycles. The van der Waals surface area contributed by atoms with Gasteiger partial charge in [0.15, 0.2) is 0 Å². The van der Waals surface area contributed by atoms with Crippen LogP contribution in [0.5, 0.6) is 11.5 Å². The molecule has 0 saturated heterocycles. The monoisotopic (exact) mass is 415 g/mol. The molecule has 0 aliphatic heterocycles. The van der Waals surface area contributed by atoms with Gasteiger partial charge in [0.25, 0.3) is 0 Å². The summed E-state index contributed by atoms with van der Waals surface area (Å²) >= 11 is 0. The summed E-state index contributed by atoms with van der Waals surface area (Å²) in [4.78, 5) is 12.5. The normalized spacial score (nSPS) is 11.4. The van der Waals surface area contributed by atoms with Crippen molar-refractivity contribution in [2.45, 2.75) is 18.4 Å². The van der Waals surface area contributed by atoms with Crippen molar-refractivity contribution in [1.29, 1.82) is 0 Å². The zero-order chi connectivity index (χ0) is 20.9. The second-order valence-corrected chi connectivity index (χ2v) is 8.25. The molecule has 0 spiro atoms. The number of aryl methyl sites for hydroxylation is 1. The van der Waals surface area contributed by atoms with Gasteiger partial charge in [0, 0.05) is 0 Å². The van der Waals surface area contributed by atoms with E-state index in [2.05, 4.69) is 0 Å². The molecule has 3 rings (SSSR count). The number of carbonyl (C=O) groups excluding carboxylic acids is 1. The molecule has 8 heteroatoms. The van der Waals surface area contributed by atoms with E-state index in [0.717, 1.165) is 9.87 Å². The summed E-state index contributed by atoms with van der Waals surface area (Å²) < 4.78 is 42.8. The fraction of sp³-hybridized carbons (Fsp3) is 0.190. The van der Waals surface area contributed by atoms with Gasteiger partial charge >= 0.3 is 5.97 Å². The second-order valence-electron chi connectivity index (χ2n) is 6.32. The smallest absolute Gasteiger partial charge is 0.326 e. The van der Waals surface area contributed by atoms with Crippen molar-refractivity contribution in [2.24, 2.45) is 0 Å². The van der Waals surface area contributed by atoms with Crippen LogP contribution in [0, 0.1) is 6.92 Å². The van der Waals surface area contributed by atoms with E-state index < -0.39 is 22.5 Å². The van der Waals surface area contributed by atoms with Crippen molar-refractivity contribution >= 4 is 16.0 Å². The lowest BCUT2D eigenvalue weighted by Gasteiger charge is -2.20. The van der Waals surface area contributed by atoms with Crippen molar-refractivity contribution in [1.82, 2.24) is 4.31 Å². The Morgan fingerprint density at radius 3 is 2.24 bits per heavy atom. The summed E-state index contributed by atoms with van der Waals surface area (Å²) in [6.45, 7) is 1.30. The van der Waals surface area contributed by atoms with E-state index in [4.69, 9.17) is 13.9 Å². The van der Waals surface area contributed by atoms with Crippen LogP contribution in [0.4, 0.5) is 0 Å². The molecule has 0 unspecified atom stereocenters. The maximum absolute atomic E-state index is 13.1. The number of ether oxygens (including phenoxy) is 2. The number of carbonyl (C=O) groups is 1. The Bertz CT molecular complexity index is 1040. The molecule has 0 saturated carbocycles. The fourth-order valence-corrected chi connectivity index (χ4v) is 3.96. The second kappa shape index (κ2) is 8.93. The molecule has 0 amide bonds. The van der Waals surface area contributed by atoms with E-state index >= 15 is 0 Å². The third kappa shape index (κ3) is 5.24. The maximum atomic E-state index is 13.1. The number of hydrogen-bond donors (Lipinski definition) is 0. The molecule has 1 aromatic heterocycles. The Morgan fingerprint density at radius 2 is 1.66 bits per heavy atom. The molecule has 3 aromatic rings. The molecular weight excluding hydrogens is 394 g/mol. The fourth-order valence-electron chi connectivity index (χ4n) is 2.61. The highest BCUT2D eigenvalue weighted by Gasteiger charge is 2.28. The zero-order valence-electron chi connectivity index (χ0n) is 16.1. The van der Waals surface area contributed by atoms with Crippen molar-refractivity contribution in [3.63, 3.8) is 0 Å². The van der Waals surface area contributed by atoms with Crippen molar-refractivity contribution < 1.29 is 27.1 Å². The number of furan rings is 1. The molecule has 152 valence electrons. The van der Waals surface area contributed by atoms with E-state index in [9.17, 15) is 13.2 Å². The quantitative estimate of drug-likeness (QED) is 0.414. The molecule has 0 N–H and O–H groups in total. The number of methoxy groups -OCH3 is 1. The van der Waals surface area contributed by atoms with Crippen molar-refractivity contribution in [3.8, 4) is 11.5 Å². The number of hydrogen-bond acceptors (Lipinski definition) is 6. The van der Waals surface area contributed by atoms with E-state index in [-0.39, 0.29) is 11.4 Å². The van der Waals surface area contributed by atoms with Gasteiger partial charge in [-0.15, -0.1) is 0 Å². The topological polar surface area (TPSA) is 86.1 Å². The standard InChI is InChI=1S/C21H21NO6S/c1-16-5-11-20(12-6-16)29(24,25)22(14-19-4-3-13-27-19)15-21(23)28-18-9-7-17(26-2)8-10-18/h3-13H,14-15H2,1-2H3. The van der Waals surface area contributed by atoms with Gasteiger partial charge in [-0.05, 0) is 55.5 Å². The third-order valence-electron chi connectivity index (χ3n) is 4.17. The molecular formula is C21H21NO6S. The average molecular weight is 415 g/mol. The summed E-state index contributed by atoms with van der Waals surface area (Å²) in [5.41, 5.74) is 0.931. The lowest BCUT2D eigenvalue weighted by Crippen LogP contribution is -2.36. The molecule has 0 fully saturated rings. The van der Waals surface area contributed by atoms with E-state index in [1.807, 2.05) is 6.92 Å². The van der Waals surface area contributed by atoms with Gasteiger partial charge in [-0.3, -0.25) is 4.79 Å². The van der Waals surface area contributed by atoms with Crippen molar-refractivity contribution in [2.75, 3.05) is 13.7 Å². The maximum Gasteiger partial charge on any atom is 0.326 e. The van der Waals surface area contributed by atoms with Crippen LogP contribution in [0.15, 0.2) is 76.2 Å². The third-order valence-corrected chi connectivity index (χ3v) is 5.97. The zero-order valence-corrected chi connectivity index (χ0v) is 16.9. The van der Waals surface area contributed by atoms with Crippen LogP contribution in [0.3, 0.4) is 0 Å². The highest BCUT2D eigenvalue weighted by Crippen LogP contribution is 2.21. The summed E-state index contributed by atoms with van der Waals surface area (Å²) in [6, 6.07) is 16.2. The molecule has 2 aromatic carbocycles. The van der Waals surface area contributed by atoms with Gasteiger partial charge in [0.05, 0.1) is 24.8 Å². The van der Waals surface area contributed by atoms with Crippen LogP contribution in [-0.4, -0.2) is 32.3 Å². The predicted molar refractivity (Wildman–Crippen MR) is 106 cm³/mol. The van der Waals surface area contributed by atoms with E-state index in [1.165, 1.54) is 25.5 Å². The summed E-state index contributed by atoms with van der Waals surface area (Å²) in [5, 5.41) is 0. The molecule has 29 heavy (non-hydrogen) atoms. The van der Waals surface area contributed by atoms with Crippen LogP contribution in [0.1, 0.15) is 11.3 Å². The van der Waals surface area contributed by atoms with Crippen LogP contribution >= 0.6 is 0 Å². The summed E-state index contributed by atoms with van der Waals surface area (Å²) in [5.74, 6) is 0.614. The number of rotatable bonds is 8. The summed E-state index contributed by atoms with van der Waals surface area (Å²) in [6.07, 6.45) is 1.45. The highest BCUT2D eigenvalue weighted by molar-refractivity contribution is 7.89. The van der Waals surface area contributed by atoms with Crippen LogP contribution < -0.4 is 9.47 Å². The van der Waals surface area contributed by atoms with E-state index in [0.29, 0.717) is 17.3 Å². The molecule has 0 atom stereocenters. The minimum absolute atomic E-state index is 0.0897. The molecule has 0 aliphatic carbocycles. The van der Waals surface area contributed by atoms with Gasteiger partial charge in [0.1, 0.15) is 23.8 Å². The van der Waals surface area contributed by atoms with Gasteiger partial charge in [0.2, 0.25) is 10.0 Å². The van der Waals surface area contributed by atoms with Crippen molar-refractivity contribution in [3.05, 3.63) is 78.3 Å². The Kier molecular flexibility index (Phi) is 6.36. The lowest BCUT2D eigenvalue weighted by molar-refractivity contribution is -0.134. The minimum atomic E-state index is -3.94. The summed E-state index contributed by atoms with van der Waals surface area (Å²) in [7, 11) is -2.41. The van der Waals surface area contributed by atoms with Gasteiger partial charge in [-0.1, -0.05) is 17.7 Å². The van der Waals surface area contributed by atoms with E-state index in [1.54, 1.807) is 48.5 Å². The molecule has 7 nitrogen and oxygen atoms in total. The Morgan fingerprint density at radius 1 is 1.00 bits per heavy atom. The minimum Gasteiger partial charge on any atom is -0.497 e. The first-order chi connectivity index (χ1) is 13.9. The average Bonchev–Trinajstić information content (AvgIpc) is 3.21. The van der Waals surface area contributed by atoms with Gasteiger partial charge in [-0.2, -0.15) is 4.31 Å². The van der Waals surface area contributed by atoms with Gasteiger partial charge in [-0.25, -0.2) is 8.42 Å². The first kappa shape index (κ1) is 20.6. The predicted octanol–water partition coefficient (Wildman–Crippen LogP) is 3.39. The molecule has 0 aliphatic rings. The SMILES string of the molecule is COc1ccc(OC(=O)CN(Cc2ccco2)S(=O)(=O)c2ccc(C)cc2)cc1.